The summed E-state index contributed by atoms with van der Waals surface area (Å²) in [6.07, 6.45) is 1.64. The van der Waals surface area contributed by atoms with Crippen molar-refractivity contribution in [2.75, 3.05) is 13.7 Å². The zero-order valence-corrected chi connectivity index (χ0v) is 16.9. The number of halogens is 3. The number of rotatable bonds is 2. The van der Waals surface area contributed by atoms with E-state index in [-0.39, 0.29) is 17.7 Å². The Morgan fingerprint density at radius 1 is 1.32 bits per heavy atom. The molecular formula is C19H18F3NO7S. The molecule has 1 aromatic rings. The van der Waals surface area contributed by atoms with Crippen LogP contribution >= 0.6 is 0 Å². The molecule has 5 atom stereocenters. The minimum atomic E-state index is -5.90. The largest absolute Gasteiger partial charge is 0.534 e. The van der Waals surface area contributed by atoms with Crippen LogP contribution in [0.2, 0.25) is 0 Å². The standard InChI is InChI=1S/C19H18F3NO7S/c1-28-17(25)23-7-6-18-10-3-4-12(24)16(18)29-15-13(30-31(26,27)19(20,21)22)5-2-9(14(15)18)8-11(10)23/h2-5,10-12,16,24H,6-8H2,1H3/t10-,11?,12-,16-,18-/m0/s1. The van der Waals surface area contributed by atoms with Gasteiger partial charge in [-0.25, -0.2) is 4.79 Å². The first-order valence-corrected chi connectivity index (χ1v) is 11.0. The molecule has 1 fully saturated rings. The van der Waals surface area contributed by atoms with Gasteiger partial charge in [0.05, 0.1) is 7.11 Å². The Kier molecular flexibility index (Phi) is 4.14. The summed E-state index contributed by atoms with van der Waals surface area (Å²) in [6, 6.07) is 2.30. The highest BCUT2D eigenvalue weighted by molar-refractivity contribution is 7.88. The van der Waals surface area contributed by atoms with Crippen molar-refractivity contribution in [1.29, 1.82) is 0 Å². The van der Waals surface area contributed by atoms with Crippen LogP contribution in [0.15, 0.2) is 24.3 Å². The number of ether oxygens (including phenoxy) is 2. The number of carbonyl (C=O) groups excluding carboxylic acids is 1. The van der Waals surface area contributed by atoms with Crippen LogP contribution in [-0.4, -0.2) is 61.9 Å². The summed E-state index contributed by atoms with van der Waals surface area (Å²) in [5, 5.41) is 10.6. The van der Waals surface area contributed by atoms with Gasteiger partial charge in [0.1, 0.15) is 12.2 Å². The van der Waals surface area contributed by atoms with Crippen molar-refractivity contribution < 1.29 is 45.1 Å². The van der Waals surface area contributed by atoms with Crippen LogP contribution in [-0.2, 0) is 26.7 Å². The second-order valence-electron chi connectivity index (χ2n) is 8.08. The molecule has 2 aliphatic heterocycles. The lowest BCUT2D eigenvalue weighted by Gasteiger charge is -2.56. The third-order valence-electron chi connectivity index (χ3n) is 6.75. The summed E-state index contributed by atoms with van der Waals surface area (Å²) in [6.45, 7) is 0.291. The molecule has 4 aliphatic rings. The molecule has 8 nitrogen and oxygen atoms in total. The van der Waals surface area contributed by atoms with Crippen molar-refractivity contribution in [2.24, 2.45) is 5.92 Å². The first-order valence-electron chi connectivity index (χ1n) is 9.56. The van der Waals surface area contributed by atoms with Crippen LogP contribution in [0, 0.1) is 5.92 Å². The lowest BCUT2D eigenvalue weighted by atomic mass is 9.53. The molecule has 0 radical (unpaired) electrons. The SMILES string of the molecule is COC(=O)N1CC[C@]23c4c5ccc(OS(=O)(=O)C(F)(F)F)c4O[C@H]2[C@@H](O)C=C[C@H]3C1C5. The maximum Gasteiger partial charge on any atom is 0.534 e. The maximum absolute atomic E-state index is 12.9. The van der Waals surface area contributed by atoms with Crippen LogP contribution in [0.5, 0.6) is 11.5 Å². The first kappa shape index (κ1) is 20.4. The molecule has 2 heterocycles. The Hall–Kier alpha value is -2.47. The van der Waals surface area contributed by atoms with Crippen LogP contribution in [0.1, 0.15) is 17.5 Å². The number of piperidine rings is 1. The predicted molar refractivity (Wildman–Crippen MR) is 98.0 cm³/mol. The second-order valence-corrected chi connectivity index (χ2v) is 9.61. The quantitative estimate of drug-likeness (QED) is 0.408. The zero-order chi connectivity index (χ0) is 22.3. The summed E-state index contributed by atoms with van der Waals surface area (Å²) in [4.78, 5) is 13.9. The minimum Gasteiger partial charge on any atom is -0.482 e. The molecular weight excluding hydrogens is 443 g/mol. The average molecular weight is 461 g/mol. The number of aliphatic hydroxyl groups excluding tert-OH is 1. The highest BCUT2D eigenvalue weighted by atomic mass is 32.2. The molecule has 168 valence electrons. The smallest absolute Gasteiger partial charge is 0.482 e. The lowest BCUT2D eigenvalue weighted by molar-refractivity contribution is -0.0510. The number of amides is 1. The number of hydrogen-bond acceptors (Lipinski definition) is 7. The van der Waals surface area contributed by atoms with Gasteiger partial charge in [0, 0.05) is 29.5 Å². The normalized spacial score (nSPS) is 32.9. The topological polar surface area (TPSA) is 102 Å². The Morgan fingerprint density at radius 2 is 2.06 bits per heavy atom. The Labute approximate surface area is 175 Å². The van der Waals surface area contributed by atoms with Gasteiger partial charge in [-0.1, -0.05) is 18.2 Å². The van der Waals surface area contributed by atoms with Gasteiger partial charge < -0.3 is 23.7 Å². The summed E-state index contributed by atoms with van der Waals surface area (Å²) in [5.41, 5.74) is -5.18. The van der Waals surface area contributed by atoms with Gasteiger partial charge in [-0.3, -0.25) is 0 Å². The lowest BCUT2D eigenvalue weighted by Crippen LogP contribution is -2.66. The van der Waals surface area contributed by atoms with Gasteiger partial charge in [0.15, 0.2) is 11.5 Å². The average Bonchev–Trinajstić information content (AvgIpc) is 3.04. The van der Waals surface area contributed by atoms with Crippen molar-refractivity contribution in [1.82, 2.24) is 4.90 Å². The van der Waals surface area contributed by atoms with E-state index in [1.165, 1.54) is 19.3 Å². The molecule has 1 amide bonds. The van der Waals surface area contributed by atoms with E-state index in [4.69, 9.17) is 9.47 Å². The molecule has 1 saturated heterocycles. The van der Waals surface area contributed by atoms with E-state index < -0.39 is 45.1 Å². The molecule has 1 aromatic carbocycles. The number of hydrogen-bond donors (Lipinski definition) is 1. The minimum absolute atomic E-state index is 0.104. The van der Waals surface area contributed by atoms with E-state index >= 15 is 0 Å². The van der Waals surface area contributed by atoms with Gasteiger partial charge in [-0.2, -0.15) is 21.6 Å². The molecule has 1 unspecified atom stereocenters. The highest BCUT2D eigenvalue weighted by Gasteiger charge is 2.65. The third kappa shape index (κ3) is 2.57. The summed E-state index contributed by atoms with van der Waals surface area (Å²) >= 11 is 0. The monoisotopic (exact) mass is 461 g/mol. The van der Waals surface area contributed by atoms with Crippen molar-refractivity contribution >= 4 is 16.2 Å². The zero-order valence-electron chi connectivity index (χ0n) is 16.1. The van der Waals surface area contributed by atoms with E-state index in [9.17, 15) is 31.5 Å². The fraction of sp³-hybridized carbons (Fsp3) is 0.526. The van der Waals surface area contributed by atoms with Gasteiger partial charge in [-0.05, 0) is 24.5 Å². The number of nitrogens with zero attached hydrogens (tertiary/aromatic N) is 1. The number of likely N-dealkylation sites (tertiary alicyclic amines) is 1. The number of aliphatic hydroxyl groups is 1. The van der Waals surface area contributed by atoms with Crippen molar-refractivity contribution in [3.63, 3.8) is 0 Å². The highest BCUT2D eigenvalue weighted by Crippen LogP contribution is 2.62. The van der Waals surface area contributed by atoms with Crippen molar-refractivity contribution in [2.45, 2.75) is 42.0 Å². The van der Waals surface area contributed by atoms with Gasteiger partial charge >= 0.3 is 21.7 Å². The van der Waals surface area contributed by atoms with Gasteiger partial charge in [0.25, 0.3) is 0 Å². The summed E-state index contributed by atoms with van der Waals surface area (Å²) in [5.74, 6) is -0.968. The van der Waals surface area contributed by atoms with Crippen LogP contribution in [0.25, 0.3) is 0 Å². The van der Waals surface area contributed by atoms with E-state index in [1.54, 1.807) is 11.0 Å². The molecule has 1 spiro atoms. The number of methoxy groups -OCH3 is 1. The Morgan fingerprint density at radius 3 is 2.74 bits per heavy atom. The maximum atomic E-state index is 12.9. The van der Waals surface area contributed by atoms with Crippen molar-refractivity contribution in [3.05, 3.63) is 35.4 Å². The van der Waals surface area contributed by atoms with Crippen LogP contribution in [0.4, 0.5) is 18.0 Å². The summed E-state index contributed by atoms with van der Waals surface area (Å²) < 4.78 is 77.1. The molecule has 1 N–H and O–H groups in total. The fourth-order valence-corrected chi connectivity index (χ4v) is 6.08. The number of alkyl halides is 3. The Balaban J connectivity index is 1.67. The Bertz CT molecular complexity index is 1100. The molecule has 12 heteroatoms. The van der Waals surface area contributed by atoms with Gasteiger partial charge in [-0.15, -0.1) is 0 Å². The fourth-order valence-electron chi connectivity index (χ4n) is 5.62. The van der Waals surface area contributed by atoms with E-state index in [1.807, 2.05) is 0 Å². The second kappa shape index (κ2) is 6.28. The van der Waals surface area contributed by atoms with E-state index in [0.717, 1.165) is 6.07 Å². The van der Waals surface area contributed by atoms with E-state index in [2.05, 4.69) is 4.18 Å². The number of benzene rings is 1. The molecule has 5 rings (SSSR count). The number of carbonyl (C=O) groups is 1. The predicted octanol–water partition coefficient (Wildman–Crippen LogP) is 1.86. The molecule has 0 aromatic heterocycles. The van der Waals surface area contributed by atoms with Crippen molar-refractivity contribution in [3.8, 4) is 11.5 Å². The molecule has 2 aliphatic carbocycles. The molecule has 31 heavy (non-hydrogen) atoms. The van der Waals surface area contributed by atoms with Crippen LogP contribution in [0.3, 0.4) is 0 Å². The molecule has 2 bridgehead atoms. The van der Waals surface area contributed by atoms with E-state index in [0.29, 0.717) is 30.5 Å². The van der Waals surface area contributed by atoms with Gasteiger partial charge in [0.2, 0.25) is 0 Å². The molecule has 0 saturated carbocycles. The summed E-state index contributed by atoms with van der Waals surface area (Å²) in [7, 11) is -4.62. The van der Waals surface area contributed by atoms with Crippen LogP contribution < -0.4 is 8.92 Å². The first-order chi connectivity index (χ1) is 14.5. The third-order valence-corrected chi connectivity index (χ3v) is 7.71.